The summed E-state index contributed by atoms with van der Waals surface area (Å²) in [5.41, 5.74) is 7.96. The number of rotatable bonds is 4. The molecule has 1 amide bonds. The van der Waals surface area contributed by atoms with Crippen molar-refractivity contribution in [3.63, 3.8) is 0 Å². The SMILES string of the molecule is Cc1ccc(N)c(SCC(=O)Nc2ccc(F)cc2Cl)c1. The van der Waals surface area contributed by atoms with Gasteiger partial charge in [-0.05, 0) is 42.8 Å². The molecular weight excluding hydrogens is 311 g/mol. The van der Waals surface area contributed by atoms with Crippen LogP contribution in [0.2, 0.25) is 5.02 Å². The maximum atomic E-state index is 12.9. The lowest BCUT2D eigenvalue weighted by atomic mass is 10.2. The Morgan fingerprint density at radius 2 is 2.10 bits per heavy atom. The summed E-state index contributed by atoms with van der Waals surface area (Å²) >= 11 is 7.20. The number of halogens is 2. The number of nitrogen functional groups attached to an aromatic ring is 1. The van der Waals surface area contributed by atoms with Crippen molar-refractivity contribution in [2.45, 2.75) is 11.8 Å². The predicted molar refractivity (Wildman–Crippen MR) is 86.4 cm³/mol. The molecule has 0 aromatic heterocycles. The van der Waals surface area contributed by atoms with Gasteiger partial charge in [-0.2, -0.15) is 0 Å². The van der Waals surface area contributed by atoms with Crippen LogP contribution in [0.25, 0.3) is 0 Å². The molecular formula is C15H14ClFN2OS. The van der Waals surface area contributed by atoms with Gasteiger partial charge in [0.25, 0.3) is 0 Å². The molecule has 0 saturated carbocycles. The van der Waals surface area contributed by atoms with Crippen LogP contribution in [0.3, 0.4) is 0 Å². The highest BCUT2D eigenvalue weighted by molar-refractivity contribution is 8.00. The molecule has 3 nitrogen and oxygen atoms in total. The third-order valence-corrected chi connectivity index (χ3v) is 4.12. The zero-order valence-electron chi connectivity index (χ0n) is 11.3. The zero-order chi connectivity index (χ0) is 15.4. The molecule has 0 atom stereocenters. The highest BCUT2D eigenvalue weighted by Crippen LogP contribution is 2.27. The molecule has 0 heterocycles. The molecule has 0 aliphatic carbocycles. The predicted octanol–water partition coefficient (Wildman–Crippen LogP) is 4.10. The molecule has 2 aromatic rings. The molecule has 21 heavy (non-hydrogen) atoms. The number of amides is 1. The van der Waals surface area contributed by atoms with Crippen LogP contribution in [0.5, 0.6) is 0 Å². The van der Waals surface area contributed by atoms with Crippen molar-refractivity contribution in [1.82, 2.24) is 0 Å². The molecule has 110 valence electrons. The summed E-state index contributed by atoms with van der Waals surface area (Å²) in [4.78, 5) is 12.8. The summed E-state index contributed by atoms with van der Waals surface area (Å²) in [6.45, 7) is 1.96. The number of hydrogen-bond acceptors (Lipinski definition) is 3. The third kappa shape index (κ3) is 4.37. The second kappa shape index (κ2) is 6.83. The lowest BCUT2D eigenvalue weighted by molar-refractivity contribution is -0.113. The average molecular weight is 325 g/mol. The summed E-state index contributed by atoms with van der Waals surface area (Å²) in [6, 6.07) is 9.49. The lowest BCUT2D eigenvalue weighted by Crippen LogP contribution is -2.14. The molecule has 2 rings (SSSR count). The maximum absolute atomic E-state index is 12.9. The largest absolute Gasteiger partial charge is 0.398 e. The van der Waals surface area contributed by atoms with E-state index in [-0.39, 0.29) is 16.7 Å². The number of anilines is 2. The molecule has 0 aliphatic rings. The van der Waals surface area contributed by atoms with Crippen molar-refractivity contribution in [3.8, 4) is 0 Å². The number of aryl methyl sites for hydroxylation is 1. The Kier molecular flexibility index (Phi) is 5.09. The minimum Gasteiger partial charge on any atom is -0.398 e. The fraction of sp³-hybridized carbons (Fsp3) is 0.133. The number of thioether (sulfide) groups is 1. The minimum absolute atomic E-state index is 0.170. The van der Waals surface area contributed by atoms with Gasteiger partial charge in [0, 0.05) is 10.6 Å². The van der Waals surface area contributed by atoms with Gasteiger partial charge < -0.3 is 11.1 Å². The summed E-state index contributed by atoms with van der Waals surface area (Å²) in [5.74, 6) is -0.476. The van der Waals surface area contributed by atoms with Crippen molar-refractivity contribution in [3.05, 3.63) is 52.8 Å². The molecule has 2 aromatic carbocycles. The quantitative estimate of drug-likeness (QED) is 0.657. The first kappa shape index (κ1) is 15.7. The second-order valence-corrected chi connectivity index (χ2v) is 5.93. The third-order valence-electron chi connectivity index (χ3n) is 2.73. The van der Waals surface area contributed by atoms with Crippen LogP contribution in [-0.2, 0) is 4.79 Å². The molecule has 0 aliphatic heterocycles. The van der Waals surface area contributed by atoms with E-state index in [2.05, 4.69) is 5.32 Å². The Morgan fingerprint density at radius 1 is 1.33 bits per heavy atom. The van der Waals surface area contributed by atoms with Crippen molar-refractivity contribution >= 4 is 40.6 Å². The van der Waals surface area contributed by atoms with Crippen LogP contribution in [0, 0.1) is 12.7 Å². The van der Waals surface area contributed by atoms with Gasteiger partial charge in [0.2, 0.25) is 5.91 Å². The van der Waals surface area contributed by atoms with Gasteiger partial charge >= 0.3 is 0 Å². The van der Waals surface area contributed by atoms with Gasteiger partial charge in [-0.15, -0.1) is 11.8 Å². The van der Waals surface area contributed by atoms with Gasteiger partial charge in [-0.3, -0.25) is 4.79 Å². The molecule has 0 bridgehead atoms. The Balaban J connectivity index is 1.97. The van der Waals surface area contributed by atoms with Crippen LogP contribution >= 0.6 is 23.4 Å². The number of hydrogen-bond donors (Lipinski definition) is 2. The van der Waals surface area contributed by atoms with E-state index in [0.29, 0.717) is 11.4 Å². The molecule has 0 spiro atoms. The summed E-state index contributed by atoms with van der Waals surface area (Å²) in [6.07, 6.45) is 0. The molecule has 6 heteroatoms. The second-order valence-electron chi connectivity index (χ2n) is 4.50. The Labute approximate surface area is 131 Å². The van der Waals surface area contributed by atoms with Crippen LogP contribution in [0.15, 0.2) is 41.3 Å². The van der Waals surface area contributed by atoms with Gasteiger partial charge in [0.05, 0.1) is 16.5 Å². The van der Waals surface area contributed by atoms with Crippen molar-refractivity contribution in [1.29, 1.82) is 0 Å². The van der Waals surface area contributed by atoms with Crippen LogP contribution in [0.4, 0.5) is 15.8 Å². The molecule has 3 N–H and O–H groups in total. The first-order chi connectivity index (χ1) is 9.95. The van der Waals surface area contributed by atoms with Gasteiger partial charge in [0.1, 0.15) is 5.82 Å². The Hall–Kier alpha value is -1.72. The monoisotopic (exact) mass is 324 g/mol. The Bertz CT molecular complexity index is 679. The first-order valence-corrected chi connectivity index (χ1v) is 7.56. The fourth-order valence-electron chi connectivity index (χ4n) is 1.69. The van der Waals surface area contributed by atoms with Crippen molar-refractivity contribution in [2.24, 2.45) is 0 Å². The van der Waals surface area contributed by atoms with E-state index in [0.717, 1.165) is 16.5 Å². The molecule has 0 fully saturated rings. The van der Waals surface area contributed by atoms with E-state index < -0.39 is 5.82 Å². The summed E-state index contributed by atoms with van der Waals surface area (Å²) in [7, 11) is 0. The topological polar surface area (TPSA) is 55.1 Å². The normalized spacial score (nSPS) is 10.4. The smallest absolute Gasteiger partial charge is 0.234 e. The zero-order valence-corrected chi connectivity index (χ0v) is 12.9. The van der Waals surface area contributed by atoms with E-state index in [4.69, 9.17) is 17.3 Å². The lowest BCUT2D eigenvalue weighted by Gasteiger charge is -2.09. The number of benzene rings is 2. The fourth-order valence-corrected chi connectivity index (χ4v) is 2.76. The molecule has 0 saturated heterocycles. The maximum Gasteiger partial charge on any atom is 0.234 e. The molecule has 0 radical (unpaired) electrons. The number of carbonyl (C=O) groups excluding carboxylic acids is 1. The van der Waals surface area contributed by atoms with Gasteiger partial charge in [0.15, 0.2) is 0 Å². The standard InChI is InChI=1S/C15H14ClFN2OS/c1-9-2-4-12(18)14(6-9)21-8-15(20)19-13-5-3-10(17)7-11(13)16/h2-7H,8,18H2,1H3,(H,19,20). The average Bonchev–Trinajstić information content (AvgIpc) is 2.43. The molecule has 0 unspecified atom stereocenters. The van der Waals surface area contributed by atoms with Crippen LogP contribution < -0.4 is 11.1 Å². The first-order valence-electron chi connectivity index (χ1n) is 6.19. The summed E-state index contributed by atoms with van der Waals surface area (Å²) < 4.78 is 12.9. The van der Waals surface area contributed by atoms with Gasteiger partial charge in [-0.25, -0.2) is 4.39 Å². The van der Waals surface area contributed by atoms with Crippen molar-refractivity contribution in [2.75, 3.05) is 16.8 Å². The van der Waals surface area contributed by atoms with E-state index in [1.165, 1.54) is 23.9 Å². The van der Waals surface area contributed by atoms with Gasteiger partial charge in [-0.1, -0.05) is 17.7 Å². The van der Waals surface area contributed by atoms with E-state index >= 15 is 0 Å². The Morgan fingerprint density at radius 3 is 2.81 bits per heavy atom. The highest BCUT2D eigenvalue weighted by atomic mass is 35.5. The summed E-state index contributed by atoms with van der Waals surface area (Å²) in [5, 5.41) is 2.81. The van der Waals surface area contributed by atoms with E-state index in [1.54, 1.807) is 0 Å². The number of nitrogens with two attached hydrogens (primary N) is 1. The van der Waals surface area contributed by atoms with Crippen LogP contribution in [0.1, 0.15) is 5.56 Å². The minimum atomic E-state index is -0.445. The van der Waals surface area contributed by atoms with E-state index in [1.807, 2.05) is 25.1 Å². The number of nitrogens with one attached hydrogen (secondary N) is 1. The van der Waals surface area contributed by atoms with Crippen molar-refractivity contribution < 1.29 is 9.18 Å². The highest BCUT2D eigenvalue weighted by Gasteiger charge is 2.09. The number of carbonyl (C=O) groups is 1. The van der Waals surface area contributed by atoms with Crippen LogP contribution in [-0.4, -0.2) is 11.7 Å². The van der Waals surface area contributed by atoms with E-state index in [9.17, 15) is 9.18 Å².